The van der Waals surface area contributed by atoms with Crippen LogP contribution in [-0.2, 0) is 9.23 Å². The van der Waals surface area contributed by atoms with Crippen LogP contribution in [-0.4, -0.2) is 63.7 Å². The van der Waals surface area contributed by atoms with E-state index in [0.29, 0.717) is 16.9 Å². The van der Waals surface area contributed by atoms with E-state index in [1.165, 1.54) is 39.8 Å². The average molecular weight is 946 g/mol. The first-order valence-electron chi connectivity index (χ1n) is 18.7. The van der Waals surface area contributed by atoms with Gasteiger partial charge >= 0.3 is 5.97 Å². The fourth-order valence-electron chi connectivity index (χ4n) is 6.03. The molecular formula is C48H42Cl2O10S3. The van der Waals surface area contributed by atoms with Crippen LogP contribution in [0.25, 0.3) is 41.1 Å². The quantitative estimate of drug-likeness (QED) is 0.0989. The second kappa shape index (κ2) is 23.4. The number of ketones is 1. The van der Waals surface area contributed by atoms with Crippen molar-refractivity contribution in [3.05, 3.63) is 156 Å². The number of benzene rings is 6. The molecule has 63 heavy (non-hydrogen) atoms. The molecule has 0 saturated heterocycles. The molecule has 8 rings (SSSR count). The lowest BCUT2D eigenvalue weighted by Crippen LogP contribution is -2.02. The summed E-state index contributed by atoms with van der Waals surface area (Å²) in [6.07, 6.45) is 0. The highest BCUT2D eigenvalue weighted by Crippen LogP contribution is 2.42. The number of rotatable bonds is 11. The number of carbonyl (C=O) groups is 2. The van der Waals surface area contributed by atoms with Gasteiger partial charge in [-0.1, -0.05) is 0 Å². The molecule has 0 fully saturated rings. The standard InChI is InChI=1S/C24H20O4S.C16H14O2S.C8H8O3.Cl2OS/c1-26-17-8-4-15(5-9-17)23(25)22-20-13-12-19(28-3)14-21(20)29-24(22)16-6-10-18(27-2)11-7-16;1-17-13-6-3-11(4-7-13)15-9-12-5-8-14(18-2)10-16(12)19-15;1-11-7-4-2-6(3-5-7)8(9)10;1-4(2)3/h4-14H,1-3H3;3-10H,1-2H3;2-5H,1H3,(H,9,10);. The number of thiophene rings is 2. The molecule has 0 bridgehead atoms. The first kappa shape index (κ1) is 48.0. The molecule has 0 aliphatic rings. The minimum atomic E-state index is -1.67. The summed E-state index contributed by atoms with van der Waals surface area (Å²) in [5.41, 5.74) is 3.77. The molecule has 10 nitrogen and oxygen atoms in total. The first-order valence-corrected chi connectivity index (χ1v) is 23.1. The Hall–Kier alpha value is -6.09. The molecular weight excluding hydrogens is 904 g/mol. The number of halogens is 2. The van der Waals surface area contributed by atoms with Crippen LogP contribution >= 0.6 is 44.0 Å². The maximum atomic E-state index is 13.5. The highest BCUT2D eigenvalue weighted by atomic mass is 36.0. The summed E-state index contributed by atoms with van der Waals surface area (Å²) in [5, 5.41) is 10.7. The molecule has 2 aromatic heterocycles. The smallest absolute Gasteiger partial charge is 0.335 e. The van der Waals surface area contributed by atoms with Crippen LogP contribution in [0.3, 0.4) is 0 Å². The van der Waals surface area contributed by atoms with Crippen molar-refractivity contribution < 1.29 is 47.3 Å². The summed E-state index contributed by atoms with van der Waals surface area (Å²) in [6, 6.07) is 43.5. The second-order valence-corrected chi connectivity index (χ2v) is 17.6. The van der Waals surface area contributed by atoms with Gasteiger partial charge in [0.05, 0.1) is 48.2 Å². The van der Waals surface area contributed by atoms with Crippen molar-refractivity contribution in [1.29, 1.82) is 0 Å². The molecule has 0 aliphatic heterocycles. The summed E-state index contributed by atoms with van der Waals surface area (Å²) in [5.74, 6) is 3.76. The van der Waals surface area contributed by atoms with Crippen LogP contribution < -0.4 is 28.4 Å². The van der Waals surface area contributed by atoms with Crippen LogP contribution in [0.5, 0.6) is 34.5 Å². The molecule has 6 aromatic carbocycles. The Balaban J connectivity index is 0.000000188. The van der Waals surface area contributed by atoms with Gasteiger partial charge in [0.25, 0.3) is 0 Å². The number of aromatic carboxylic acids is 1. The highest BCUT2D eigenvalue weighted by Gasteiger charge is 2.22. The number of carbonyl (C=O) groups excluding carboxylic acids is 1. The van der Waals surface area contributed by atoms with Crippen LogP contribution in [0.1, 0.15) is 26.3 Å². The van der Waals surface area contributed by atoms with Gasteiger partial charge in [-0.15, -0.1) is 22.7 Å². The molecule has 0 saturated carbocycles. The number of ether oxygens (including phenoxy) is 6. The fraction of sp³-hybridized carbons (Fsp3) is 0.125. The van der Waals surface area contributed by atoms with Crippen molar-refractivity contribution in [3.8, 4) is 55.4 Å². The van der Waals surface area contributed by atoms with Crippen LogP contribution in [0, 0.1) is 0 Å². The summed E-state index contributed by atoms with van der Waals surface area (Å²) in [6.45, 7) is 0. The van der Waals surface area contributed by atoms with Crippen molar-refractivity contribution in [1.82, 2.24) is 0 Å². The lowest BCUT2D eigenvalue weighted by Gasteiger charge is -2.07. The molecule has 0 atom stereocenters. The number of fused-ring (bicyclic) bond motifs is 2. The van der Waals surface area contributed by atoms with E-state index in [0.717, 1.165) is 49.3 Å². The maximum Gasteiger partial charge on any atom is 0.335 e. The zero-order valence-electron chi connectivity index (χ0n) is 34.9. The third-order valence-corrected chi connectivity index (χ3v) is 11.6. The summed E-state index contributed by atoms with van der Waals surface area (Å²) in [4.78, 5) is 26.0. The van der Waals surface area contributed by atoms with E-state index in [4.69, 9.17) is 37.7 Å². The molecule has 0 radical (unpaired) electrons. The Kier molecular flexibility index (Phi) is 17.8. The zero-order chi connectivity index (χ0) is 45.5. The summed E-state index contributed by atoms with van der Waals surface area (Å²) >= 11 is 3.36. The number of hydrogen-bond acceptors (Lipinski definition) is 11. The van der Waals surface area contributed by atoms with E-state index in [1.54, 1.807) is 94.6 Å². The normalized spacial score (nSPS) is 10.3. The third kappa shape index (κ3) is 13.0. The minimum Gasteiger partial charge on any atom is -0.497 e. The molecule has 1 N–H and O–H groups in total. The second-order valence-electron chi connectivity index (χ2n) is 12.9. The molecule has 0 aliphatic carbocycles. The van der Waals surface area contributed by atoms with Gasteiger partial charge in [-0.2, -0.15) is 0 Å². The first-order chi connectivity index (χ1) is 30.4. The summed E-state index contributed by atoms with van der Waals surface area (Å²) < 4.78 is 42.5. The number of hydrogen-bond donors (Lipinski definition) is 1. The van der Waals surface area contributed by atoms with Gasteiger partial charge in [0, 0.05) is 57.0 Å². The average Bonchev–Trinajstić information content (AvgIpc) is 3.93. The lowest BCUT2D eigenvalue weighted by molar-refractivity contribution is 0.0696. The van der Waals surface area contributed by atoms with Crippen LogP contribution in [0.15, 0.2) is 140 Å². The van der Waals surface area contributed by atoms with Crippen molar-refractivity contribution in [2.75, 3.05) is 42.7 Å². The van der Waals surface area contributed by atoms with E-state index >= 15 is 0 Å². The Morgan fingerprint density at radius 3 is 1.35 bits per heavy atom. The van der Waals surface area contributed by atoms with E-state index in [-0.39, 0.29) is 11.3 Å². The van der Waals surface area contributed by atoms with Gasteiger partial charge in [-0.25, -0.2) is 9.00 Å². The monoisotopic (exact) mass is 944 g/mol. The molecule has 2 heterocycles. The summed E-state index contributed by atoms with van der Waals surface area (Å²) in [7, 11) is 17.2. The predicted octanol–water partition coefficient (Wildman–Crippen LogP) is 12.8. The largest absolute Gasteiger partial charge is 0.497 e. The molecule has 8 aromatic rings. The van der Waals surface area contributed by atoms with Crippen molar-refractivity contribution in [3.63, 3.8) is 0 Å². The number of carboxylic acids is 1. The highest BCUT2D eigenvalue weighted by molar-refractivity contribution is 8.26. The van der Waals surface area contributed by atoms with E-state index in [2.05, 4.69) is 51.7 Å². The molecule has 0 spiro atoms. The zero-order valence-corrected chi connectivity index (χ0v) is 38.8. The molecule has 326 valence electrons. The van der Waals surface area contributed by atoms with Gasteiger partial charge in [-0.05, 0) is 156 Å². The fourth-order valence-corrected chi connectivity index (χ4v) is 8.36. The number of carboxylic acid groups (broad SMARTS) is 1. The van der Waals surface area contributed by atoms with Gasteiger partial charge in [0.2, 0.25) is 9.23 Å². The molecule has 15 heteroatoms. The van der Waals surface area contributed by atoms with Crippen LogP contribution in [0.4, 0.5) is 0 Å². The topological polar surface area (TPSA) is 127 Å². The minimum absolute atomic E-state index is 0.0186. The van der Waals surface area contributed by atoms with E-state index in [9.17, 15) is 9.59 Å². The Labute approximate surface area is 384 Å². The Morgan fingerprint density at radius 2 is 0.889 bits per heavy atom. The number of methoxy groups -OCH3 is 6. The predicted molar refractivity (Wildman–Crippen MR) is 257 cm³/mol. The van der Waals surface area contributed by atoms with Crippen molar-refractivity contribution in [2.45, 2.75) is 0 Å². The SMILES string of the molecule is COc1ccc(-c2cc3ccc(OC)cc3s2)cc1.COc1ccc(C(=O)O)cc1.COc1ccc(C(=O)c2c(-c3ccc(OC)cc3)sc3cc(OC)ccc23)cc1.O=S(Cl)Cl. The van der Waals surface area contributed by atoms with Gasteiger partial charge in [0.15, 0.2) is 5.78 Å². The molecule has 0 unspecified atom stereocenters. The van der Waals surface area contributed by atoms with Crippen molar-refractivity contribution in [2.24, 2.45) is 0 Å². The third-order valence-electron chi connectivity index (χ3n) is 9.27. The molecule has 0 amide bonds. The van der Waals surface area contributed by atoms with Crippen molar-refractivity contribution >= 4 is 85.2 Å². The maximum absolute atomic E-state index is 13.5. The van der Waals surface area contributed by atoms with E-state index < -0.39 is 15.2 Å². The van der Waals surface area contributed by atoms with Gasteiger partial charge in [0.1, 0.15) is 34.5 Å². The van der Waals surface area contributed by atoms with E-state index in [1.807, 2.05) is 60.7 Å². The van der Waals surface area contributed by atoms with Gasteiger partial charge < -0.3 is 33.5 Å². The Bertz CT molecular complexity index is 2770. The van der Waals surface area contributed by atoms with Crippen LogP contribution in [0.2, 0.25) is 0 Å². The van der Waals surface area contributed by atoms with Gasteiger partial charge in [-0.3, -0.25) is 4.79 Å². The lowest BCUT2D eigenvalue weighted by atomic mass is 9.97. The Morgan fingerprint density at radius 1 is 0.492 bits per heavy atom.